The van der Waals surface area contributed by atoms with Crippen molar-refractivity contribution in [1.82, 2.24) is 15.5 Å². The van der Waals surface area contributed by atoms with E-state index in [1.165, 1.54) is 24.3 Å². The molecule has 0 saturated heterocycles. The molecule has 1 amide bonds. The summed E-state index contributed by atoms with van der Waals surface area (Å²) in [7, 11) is 0. The fourth-order valence-electron chi connectivity index (χ4n) is 3.34. The van der Waals surface area contributed by atoms with E-state index in [1.54, 1.807) is 24.3 Å². The first-order valence-electron chi connectivity index (χ1n) is 11.6. The first kappa shape index (κ1) is 26.7. The van der Waals surface area contributed by atoms with Gasteiger partial charge in [0.1, 0.15) is 17.2 Å². The fourth-order valence-corrected chi connectivity index (χ4v) is 3.34. The maximum atomic E-state index is 13.2. The van der Waals surface area contributed by atoms with Gasteiger partial charge >= 0.3 is 6.09 Å². The predicted octanol–water partition coefficient (Wildman–Crippen LogP) is 5.25. The smallest absolute Gasteiger partial charge is 0.407 e. The van der Waals surface area contributed by atoms with Crippen LogP contribution in [0.1, 0.15) is 51.2 Å². The van der Waals surface area contributed by atoms with Gasteiger partial charge in [0.05, 0.1) is 0 Å². The van der Waals surface area contributed by atoms with Crippen LogP contribution < -0.4 is 10.6 Å². The number of halogens is 2. The van der Waals surface area contributed by atoms with Crippen molar-refractivity contribution in [3.8, 4) is 0 Å². The quantitative estimate of drug-likeness (QED) is 0.400. The van der Waals surface area contributed by atoms with Gasteiger partial charge in [-0.05, 0) is 88.5 Å². The summed E-state index contributed by atoms with van der Waals surface area (Å²) in [6.45, 7) is 10.2. The molecule has 0 radical (unpaired) electrons. The lowest BCUT2D eigenvalue weighted by Crippen LogP contribution is -2.33. The van der Waals surface area contributed by atoms with Gasteiger partial charge in [0, 0.05) is 26.2 Å². The van der Waals surface area contributed by atoms with Gasteiger partial charge in [-0.25, -0.2) is 13.6 Å². The van der Waals surface area contributed by atoms with E-state index < -0.39 is 5.60 Å². The highest BCUT2D eigenvalue weighted by Crippen LogP contribution is 2.12. The van der Waals surface area contributed by atoms with Crippen molar-refractivity contribution >= 4 is 6.09 Å². The summed E-state index contributed by atoms with van der Waals surface area (Å²) in [5.74, 6) is -0.483. The Bertz CT molecular complexity index is 773. The first-order valence-corrected chi connectivity index (χ1v) is 11.6. The van der Waals surface area contributed by atoms with Crippen molar-refractivity contribution in [2.75, 3.05) is 26.2 Å². The number of unbranched alkanes of at least 4 members (excludes halogenated alkanes) is 1. The van der Waals surface area contributed by atoms with Crippen molar-refractivity contribution in [2.24, 2.45) is 0 Å². The number of benzene rings is 2. The van der Waals surface area contributed by atoms with Crippen molar-refractivity contribution in [1.29, 1.82) is 0 Å². The molecule has 0 saturated carbocycles. The molecule has 182 valence electrons. The van der Waals surface area contributed by atoms with Gasteiger partial charge < -0.3 is 15.4 Å². The summed E-state index contributed by atoms with van der Waals surface area (Å²) in [5.41, 5.74) is 1.61. The van der Waals surface area contributed by atoms with Gasteiger partial charge in [0.25, 0.3) is 0 Å². The molecule has 0 aliphatic heterocycles. The van der Waals surface area contributed by atoms with Crippen LogP contribution in [-0.2, 0) is 17.8 Å². The van der Waals surface area contributed by atoms with E-state index in [9.17, 15) is 13.6 Å². The van der Waals surface area contributed by atoms with Crippen LogP contribution in [0.4, 0.5) is 13.6 Å². The summed E-state index contributed by atoms with van der Waals surface area (Å²) in [6.07, 6.45) is 2.43. The second-order valence-corrected chi connectivity index (χ2v) is 9.20. The fraction of sp³-hybridized carbons (Fsp3) is 0.500. The Hall–Kier alpha value is -2.51. The van der Waals surface area contributed by atoms with Crippen LogP contribution in [0.3, 0.4) is 0 Å². The van der Waals surface area contributed by atoms with Crippen LogP contribution in [-0.4, -0.2) is 42.8 Å². The van der Waals surface area contributed by atoms with Crippen LogP contribution in [0.15, 0.2) is 48.5 Å². The Morgan fingerprint density at radius 2 is 1.30 bits per heavy atom. The number of hydrogen-bond acceptors (Lipinski definition) is 4. The molecule has 0 bridgehead atoms. The molecular weight excluding hydrogens is 424 g/mol. The van der Waals surface area contributed by atoms with Gasteiger partial charge in [0.2, 0.25) is 0 Å². The molecule has 5 nitrogen and oxygen atoms in total. The van der Waals surface area contributed by atoms with Gasteiger partial charge in [-0.1, -0.05) is 24.3 Å². The number of rotatable bonds is 13. The van der Waals surface area contributed by atoms with E-state index in [0.717, 1.165) is 50.0 Å². The van der Waals surface area contributed by atoms with Crippen LogP contribution >= 0.6 is 0 Å². The average molecular weight is 462 g/mol. The summed E-state index contributed by atoms with van der Waals surface area (Å²) in [6, 6.07) is 13.1. The molecule has 0 aliphatic rings. The monoisotopic (exact) mass is 461 g/mol. The third-order valence-corrected chi connectivity index (χ3v) is 4.92. The topological polar surface area (TPSA) is 53.6 Å². The molecule has 0 aromatic heterocycles. The molecule has 33 heavy (non-hydrogen) atoms. The van der Waals surface area contributed by atoms with Crippen molar-refractivity contribution in [3.63, 3.8) is 0 Å². The van der Waals surface area contributed by atoms with E-state index >= 15 is 0 Å². The van der Waals surface area contributed by atoms with E-state index in [1.807, 2.05) is 20.8 Å². The third kappa shape index (κ3) is 12.3. The molecular formula is C26H37F2N3O2. The Labute approximate surface area is 196 Å². The maximum absolute atomic E-state index is 13.2. The zero-order valence-corrected chi connectivity index (χ0v) is 20.0. The minimum Gasteiger partial charge on any atom is -0.444 e. The minimum atomic E-state index is -0.479. The van der Waals surface area contributed by atoms with Crippen LogP contribution in [0.25, 0.3) is 0 Å². The summed E-state index contributed by atoms with van der Waals surface area (Å²) < 4.78 is 31.7. The number of ether oxygens (including phenoxy) is 1. The molecule has 0 unspecified atom stereocenters. The normalized spacial score (nSPS) is 11.6. The number of nitrogens with one attached hydrogen (secondary N) is 2. The molecule has 2 N–H and O–H groups in total. The number of nitrogens with zero attached hydrogens (tertiary/aromatic N) is 1. The number of carbonyl (C=O) groups is 1. The molecule has 0 heterocycles. The molecule has 0 atom stereocenters. The van der Waals surface area contributed by atoms with Gasteiger partial charge in [-0.3, -0.25) is 4.90 Å². The van der Waals surface area contributed by atoms with Crippen LogP contribution in [0.2, 0.25) is 0 Å². The zero-order valence-electron chi connectivity index (χ0n) is 20.0. The summed E-state index contributed by atoms with van der Waals surface area (Å²) >= 11 is 0. The minimum absolute atomic E-state index is 0.241. The van der Waals surface area contributed by atoms with E-state index in [0.29, 0.717) is 19.6 Å². The Morgan fingerprint density at radius 3 is 1.82 bits per heavy atom. The number of alkyl carbamates (subject to hydrolysis) is 1. The Morgan fingerprint density at radius 1 is 0.818 bits per heavy atom. The van der Waals surface area contributed by atoms with E-state index in [2.05, 4.69) is 15.5 Å². The SMILES string of the molecule is CC(C)(C)OC(=O)NCCCCNCCCN(Cc1ccc(F)cc1)Cc1ccc(F)cc1. The molecule has 2 rings (SSSR count). The molecule has 0 aliphatic carbocycles. The predicted molar refractivity (Wildman–Crippen MR) is 128 cm³/mol. The standard InChI is InChI=1S/C26H37F2N3O2/c1-26(2,3)33-25(32)30-17-5-4-15-29-16-6-18-31(19-21-7-11-23(27)12-8-21)20-22-9-13-24(28)14-10-22/h7-14,29H,4-6,15-20H2,1-3H3,(H,30,32). The summed E-state index contributed by atoms with van der Waals surface area (Å²) in [5, 5.41) is 6.21. The maximum Gasteiger partial charge on any atom is 0.407 e. The lowest BCUT2D eigenvalue weighted by molar-refractivity contribution is 0.0527. The Kier molecular flexibility index (Phi) is 11.3. The highest BCUT2D eigenvalue weighted by atomic mass is 19.1. The molecule has 7 heteroatoms. The van der Waals surface area contributed by atoms with Gasteiger partial charge in [-0.15, -0.1) is 0 Å². The number of hydrogen-bond donors (Lipinski definition) is 2. The molecule has 0 fully saturated rings. The first-order chi connectivity index (χ1) is 15.7. The summed E-state index contributed by atoms with van der Waals surface area (Å²) in [4.78, 5) is 13.9. The highest BCUT2D eigenvalue weighted by molar-refractivity contribution is 5.67. The van der Waals surface area contributed by atoms with E-state index in [-0.39, 0.29) is 17.7 Å². The lowest BCUT2D eigenvalue weighted by Gasteiger charge is -2.23. The molecule has 2 aromatic rings. The second-order valence-electron chi connectivity index (χ2n) is 9.20. The highest BCUT2D eigenvalue weighted by Gasteiger charge is 2.15. The lowest BCUT2D eigenvalue weighted by atomic mass is 10.1. The number of amides is 1. The van der Waals surface area contributed by atoms with Gasteiger partial charge in [-0.2, -0.15) is 0 Å². The van der Waals surface area contributed by atoms with Crippen molar-refractivity contribution in [3.05, 3.63) is 71.3 Å². The average Bonchev–Trinajstić information content (AvgIpc) is 2.74. The van der Waals surface area contributed by atoms with Crippen molar-refractivity contribution < 1.29 is 18.3 Å². The number of carbonyl (C=O) groups excluding carboxylic acids is 1. The van der Waals surface area contributed by atoms with Crippen molar-refractivity contribution in [2.45, 2.75) is 58.7 Å². The van der Waals surface area contributed by atoms with Crippen LogP contribution in [0, 0.1) is 11.6 Å². The Balaban J connectivity index is 1.66. The zero-order chi connectivity index (χ0) is 24.1. The van der Waals surface area contributed by atoms with Crippen LogP contribution in [0.5, 0.6) is 0 Å². The van der Waals surface area contributed by atoms with Gasteiger partial charge in [0.15, 0.2) is 0 Å². The molecule has 0 spiro atoms. The molecule has 2 aromatic carbocycles. The van der Waals surface area contributed by atoms with E-state index in [4.69, 9.17) is 4.74 Å². The largest absolute Gasteiger partial charge is 0.444 e. The second kappa shape index (κ2) is 13.9. The third-order valence-electron chi connectivity index (χ3n) is 4.92.